The summed E-state index contributed by atoms with van der Waals surface area (Å²) in [6, 6.07) is 0.723. The van der Waals surface area contributed by atoms with Crippen LogP contribution in [0.2, 0.25) is 0 Å². The Morgan fingerprint density at radius 2 is 2.06 bits per heavy atom. The van der Waals surface area contributed by atoms with Crippen LogP contribution in [0.25, 0.3) is 0 Å². The largest absolute Gasteiger partial charge is 0.352 e. The molecule has 0 aromatic carbocycles. The number of hydrogen-bond acceptors (Lipinski definition) is 3. The molecule has 18 heavy (non-hydrogen) atoms. The van der Waals surface area contributed by atoms with E-state index in [0.29, 0.717) is 18.0 Å². The van der Waals surface area contributed by atoms with Gasteiger partial charge in [0.25, 0.3) is 0 Å². The normalized spacial score (nSPS) is 26.6. The molecule has 3 N–H and O–H groups in total. The molecule has 0 radical (unpaired) electrons. The molecule has 1 amide bonds. The number of carbonyl (C=O) groups is 1. The first-order valence-electron chi connectivity index (χ1n) is 7.29. The van der Waals surface area contributed by atoms with Crippen LogP contribution >= 0.6 is 0 Å². The van der Waals surface area contributed by atoms with Gasteiger partial charge in [0.1, 0.15) is 0 Å². The summed E-state index contributed by atoms with van der Waals surface area (Å²) in [5.41, 5.74) is 5.73. The van der Waals surface area contributed by atoms with E-state index in [9.17, 15) is 4.79 Å². The Morgan fingerprint density at radius 1 is 1.44 bits per heavy atom. The fraction of sp³-hybridized carbons (Fsp3) is 0.929. The second-order valence-electron chi connectivity index (χ2n) is 5.58. The number of nitrogens with two attached hydrogens (primary N) is 1. The summed E-state index contributed by atoms with van der Waals surface area (Å²) >= 11 is 0. The number of likely N-dealkylation sites (tertiary alicyclic amines) is 1. The van der Waals surface area contributed by atoms with E-state index >= 15 is 0 Å². The fourth-order valence-corrected chi connectivity index (χ4v) is 2.85. The summed E-state index contributed by atoms with van der Waals surface area (Å²) in [7, 11) is 0. The Balaban J connectivity index is 2.53. The summed E-state index contributed by atoms with van der Waals surface area (Å²) in [6.45, 7) is 10.1. The van der Waals surface area contributed by atoms with Gasteiger partial charge in [0, 0.05) is 18.6 Å². The van der Waals surface area contributed by atoms with E-state index in [2.05, 4.69) is 31.0 Å². The molecule has 0 aromatic heterocycles. The number of amides is 1. The van der Waals surface area contributed by atoms with Gasteiger partial charge in [-0.3, -0.25) is 9.69 Å². The van der Waals surface area contributed by atoms with Gasteiger partial charge in [0.2, 0.25) is 5.91 Å². The monoisotopic (exact) mass is 255 g/mol. The van der Waals surface area contributed by atoms with Crippen molar-refractivity contribution in [2.24, 2.45) is 11.7 Å². The number of nitrogens with zero attached hydrogens (tertiary/aromatic N) is 1. The van der Waals surface area contributed by atoms with Crippen molar-refractivity contribution in [3.8, 4) is 0 Å². The molecule has 1 aliphatic rings. The molecular weight excluding hydrogens is 226 g/mol. The summed E-state index contributed by atoms with van der Waals surface area (Å²) in [5.74, 6) is 0.705. The van der Waals surface area contributed by atoms with Gasteiger partial charge in [0.15, 0.2) is 0 Å². The van der Waals surface area contributed by atoms with Gasteiger partial charge in [-0.15, -0.1) is 0 Å². The third-order valence-electron chi connectivity index (χ3n) is 4.25. The molecule has 4 nitrogen and oxygen atoms in total. The van der Waals surface area contributed by atoms with Crippen LogP contribution in [0, 0.1) is 5.92 Å². The van der Waals surface area contributed by atoms with Gasteiger partial charge in [-0.2, -0.15) is 0 Å². The smallest absolute Gasteiger partial charge is 0.237 e. The average molecular weight is 255 g/mol. The van der Waals surface area contributed by atoms with Crippen molar-refractivity contribution in [2.75, 3.05) is 13.1 Å². The Bertz CT molecular complexity index is 266. The predicted octanol–water partition coefficient (Wildman–Crippen LogP) is 1.35. The molecule has 0 bridgehead atoms. The zero-order valence-corrected chi connectivity index (χ0v) is 12.3. The van der Waals surface area contributed by atoms with Crippen molar-refractivity contribution in [1.82, 2.24) is 10.2 Å². The topological polar surface area (TPSA) is 58.4 Å². The van der Waals surface area contributed by atoms with Crippen molar-refractivity contribution in [3.05, 3.63) is 0 Å². The van der Waals surface area contributed by atoms with E-state index in [4.69, 9.17) is 5.73 Å². The lowest BCUT2D eigenvalue weighted by atomic mass is 10.1. The molecule has 1 heterocycles. The lowest BCUT2D eigenvalue weighted by Crippen LogP contribution is -2.49. The third kappa shape index (κ3) is 3.69. The number of rotatable bonds is 6. The maximum Gasteiger partial charge on any atom is 0.237 e. The molecule has 4 heteroatoms. The summed E-state index contributed by atoms with van der Waals surface area (Å²) < 4.78 is 0. The van der Waals surface area contributed by atoms with E-state index in [-0.39, 0.29) is 11.9 Å². The van der Waals surface area contributed by atoms with E-state index in [1.165, 1.54) is 0 Å². The molecule has 0 saturated carbocycles. The van der Waals surface area contributed by atoms with Gasteiger partial charge in [-0.05, 0) is 45.6 Å². The predicted molar refractivity (Wildman–Crippen MR) is 75.3 cm³/mol. The number of nitrogens with one attached hydrogen (secondary N) is 1. The lowest BCUT2D eigenvalue weighted by Gasteiger charge is -2.29. The van der Waals surface area contributed by atoms with Crippen LogP contribution in [0.5, 0.6) is 0 Å². The highest BCUT2D eigenvalue weighted by atomic mass is 16.2. The molecule has 0 spiro atoms. The molecular formula is C14H29N3O. The van der Waals surface area contributed by atoms with Crippen LogP contribution < -0.4 is 11.1 Å². The van der Waals surface area contributed by atoms with Gasteiger partial charge in [0.05, 0.1) is 6.04 Å². The highest BCUT2D eigenvalue weighted by molar-refractivity contribution is 5.81. The standard InChI is InChI=1S/C14H29N3O/c1-5-13(6-2)16-14(18)11(4)17-9-12(8-15)7-10(17)3/h10-13H,5-9,15H2,1-4H3,(H,16,18). The number of carbonyl (C=O) groups excluding carboxylic acids is 1. The minimum absolute atomic E-state index is 0.0443. The molecule has 0 aliphatic carbocycles. The average Bonchev–Trinajstić information content (AvgIpc) is 2.75. The lowest BCUT2D eigenvalue weighted by molar-refractivity contribution is -0.127. The second kappa shape index (κ2) is 7.10. The molecule has 1 fully saturated rings. The van der Waals surface area contributed by atoms with Crippen molar-refractivity contribution < 1.29 is 4.79 Å². The first-order valence-corrected chi connectivity index (χ1v) is 7.29. The van der Waals surface area contributed by atoms with Crippen LogP contribution in [0.3, 0.4) is 0 Å². The fourth-order valence-electron chi connectivity index (χ4n) is 2.85. The first kappa shape index (κ1) is 15.4. The van der Waals surface area contributed by atoms with E-state index in [0.717, 1.165) is 32.4 Å². The zero-order valence-electron chi connectivity index (χ0n) is 12.3. The summed E-state index contributed by atoms with van der Waals surface area (Å²) in [4.78, 5) is 14.5. The second-order valence-corrected chi connectivity index (χ2v) is 5.58. The maximum atomic E-state index is 12.2. The molecule has 106 valence electrons. The summed E-state index contributed by atoms with van der Waals surface area (Å²) in [5, 5.41) is 3.13. The van der Waals surface area contributed by atoms with Crippen LogP contribution in [0.15, 0.2) is 0 Å². The van der Waals surface area contributed by atoms with Crippen LogP contribution in [-0.4, -0.2) is 42.0 Å². The quantitative estimate of drug-likeness (QED) is 0.753. The number of hydrogen-bond donors (Lipinski definition) is 2. The third-order valence-corrected chi connectivity index (χ3v) is 4.25. The Labute approximate surface area is 111 Å². The van der Waals surface area contributed by atoms with Crippen molar-refractivity contribution in [2.45, 2.75) is 65.1 Å². The molecule has 1 saturated heterocycles. The first-order chi connectivity index (χ1) is 8.53. The molecule has 3 unspecified atom stereocenters. The highest BCUT2D eigenvalue weighted by Crippen LogP contribution is 2.24. The summed E-state index contributed by atoms with van der Waals surface area (Å²) in [6.07, 6.45) is 3.10. The van der Waals surface area contributed by atoms with Gasteiger partial charge in [-0.25, -0.2) is 0 Å². The van der Waals surface area contributed by atoms with Crippen LogP contribution in [0.1, 0.15) is 47.0 Å². The van der Waals surface area contributed by atoms with E-state index in [1.807, 2.05) is 6.92 Å². The molecule has 3 atom stereocenters. The molecule has 1 aliphatic heterocycles. The minimum Gasteiger partial charge on any atom is -0.352 e. The van der Waals surface area contributed by atoms with Gasteiger partial charge in [-0.1, -0.05) is 13.8 Å². The van der Waals surface area contributed by atoms with Gasteiger partial charge >= 0.3 is 0 Å². The van der Waals surface area contributed by atoms with Crippen molar-refractivity contribution in [1.29, 1.82) is 0 Å². The Kier molecular flexibility index (Phi) is 6.09. The maximum absolute atomic E-state index is 12.2. The van der Waals surface area contributed by atoms with E-state index < -0.39 is 0 Å². The minimum atomic E-state index is -0.0443. The van der Waals surface area contributed by atoms with Crippen molar-refractivity contribution >= 4 is 5.91 Å². The Morgan fingerprint density at radius 3 is 2.50 bits per heavy atom. The SMILES string of the molecule is CCC(CC)NC(=O)C(C)N1CC(CN)CC1C. The van der Waals surface area contributed by atoms with Crippen molar-refractivity contribution in [3.63, 3.8) is 0 Å². The van der Waals surface area contributed by atoms with E-state index in [1.54, 1.807) is 0 Å². The zero-order chi connectivity index (χ0) is 13.7. The van der Waals surface area contributed by atoms with Crippen LogP contribution in [-0.2, 0) is 4.79 Å². The molecule has 1 rings (SSSR count). The Hall–Kier alpha value is -0.610. The van der Waals surface area contributed by atoms with Crippen LogP contribution in [0.4, 0.5) is 0 Å². The van der Waals surface area contributed by atoms with Gasteiger partial charge < -0.3 is 11.1 Å². The molecule has 0 aromatic rings. The highest BCUT2D eigenvalue weighted by Gasteiger charge is 2.34.